The minimum Gasteiger partial charge on any atom is -0.490 e. The average Bonchev–Trinajstić information content (AvgIpc) is 2.91. The number of benzene rings is 1. The first-order valence-corrected chi connectivity index (χ1v) is 5.05. The molecule has 1 aromatic heterocycles. The summed E-state index contributed by atoms with van der Waals surface area (Å²) in [7, 11) is 1.37. The first-order chi connectivity index (χ1) is 9.20. The van der Waals surface area contributed by atoms with Gasteiger partial charge in [-0.15, -0.1) is 5.10 Å². The van der Waals surface area contributed by atoms with E-state index in [2.05, 4.69) is 31.2 Å². The monoisotopic (exact) mass is 263 g/mol. The van der Waals surface area contributed by atoms with E-state index in [9.17, 15) is 10.1 Å². The van der Waals surface area contributed by atoms with Crippen molar-refractivity contribution < 1.29 is 9.66 Å². The zero-order valence-corrected chi connectivity index (χ0v) is 9.77. The highest BCUT2D eigenvalue weighted by molar-refractivity contribution is 5.81. The van der Waals surface area contributed by atoms with E-state index >= 15 is 0 Å². The van der Waals surface area contributed by atoms with Gasteiger partial charge < -0.3 is 4.74 Å². The second-order valence-corrected chi connectivity index (χ2v) is 3.29. The Hall–Kier alpha value is -3.04. The molecule has 0 fully saturated rings. The number of rotatable bonds is 5. The lowest BCUT2D eigenvalue weighted by Crippen LogP contribution is -1.96. The number of hydrazone groups is 1. The van der Waals surface area contributed by atoms with Crippen LogP contribution in [-0.4, -0.2) is 38.9 Å². The van der Waals surface area contributed by atoms with Gasteiger partial charge in [0.1, 0.15) is 0 Å². The van der Waals surface area contributed by atoms with E-state index in [1.807, 2.05) is 0 Å². The van der Waals surface area contributed by atoms with E-state index in [1.165, 1.54) is 25.5 Å². The van der Waals surface area contributed by atoms with Crippen LogP contribution in [-0.2, 0) is 0 Å². The molecule has 2 rings (SSSR count). The highest BCUT2D eigenvalue weighted by atomic mass is 16.6. The molecule has 0 aliphatic carbocycles. The third-order valence-corrected chi connectivity index (χ3v) is 2.12. The molecule has 0 radical (unpaired) electrons. The van der Waals surface area contributed by atoms with Crippen molar-refractivity contribution in [3.05, 3.63) is 33.9 Å². The number of ether oxygens (including phenoxy) is 1. The SMILES string of the molecule is COc1ccc(C=NNc2nn[nH]n2)cc1[N+](=O)[O-]. The van der Waals surface area contributed by atoms with Gasteiger partial charge in [0.15, 0.2) is 5.75 Å². The van der Waals surface area contributed by atoms with Crippen molar-refractivity contribution in [3.63, 3.8) is 0 Å². The van der Waals surface area contributed by atoms with Crippen LogP contribution in [0.5, 0.6) is 5.75 Å². The van der Waals surface area contributed by atoms with Crippen molar-refractivity contribution in [2.45, 2.75) is 0 Å². The number of anilines is 1. The van der Waals surface area contributed by atoms with Gasteiger partial charge in [0, 0.05) is 11.6 Å². The van der Waals surface area contributed by atoms with Crippen molar-refractivity contribution in [2.75, 3.05) is 12.5 Å². The quantitative estimate of drug-likeness (QED) is 0.457. The van der Waals surface area contributed by atoms with Crippen molar-refractivity contribution in [3.8, 4) is 5.75 Å². The number of nitro benzene ring substituents is 1. The van der Waals surface area contributed by atoms with E-state index in [-0.39, 0.29) is 17.4 Å². The van der Waals surface area contributed by atoms with Gasteiger partial charge in [-0.25, -0.2) is 5.43 Å². The molecule has 0 aliphatic heterocycles. The highest BCUT2D eigenvalue weighted by Crippen LogP contribution is 2.26. The first-order valence-electron chi connectivity index (χ1n) is 5.05. The molecule has 10 nitrogen and oxygen atoms in total. The van der Waals surface area contributed by atoms with Crippen molar-refractivity contribution in [1.29, 1.82) is 0 Å². The molecule has 19 heavy (non-hydrogen) atoms. The first kappa shape index (κ1) is 12.4. The maximum absolute atomic E-state index is 10.8. The number of hydrogen-bond donors (Lipinski definition) is 2. The lowest BCUT2D eigenvalue weighted by molar-refractivity contribution is -0.385. The molecular formula is C9H9N7O3. The van der Waals surface area contributed by atoms with E-state index in [0.29, 0.717) is 5.56 Å². The highest BCUT2D eigenvalue weighted by Gasteiger charge is 2.14. The molecule has 0 unspecified atom stereocenters. The number of H-pyrrole nitrogens is 1. The van der Waals surface area contributed by atoms with Crippen LogP contribution in [0.4, 0.5) is 11.6 Å². The summed E-state index contributed by atoms with van der Waals surface area (Å²) in [5.41, 5.74) is 2.90. The van der Waals surface area contributed by atoms with Gasteiger partial charge in [-0.05, 0) is 17.3 Å². The fourth-order valence-corrected chi connectivity index (χ4v) is 1.30. The third kappa shape index (κ3) is 3.00. The minimum absolute atomic E-state index is 0.133. The van der Waals surface area contributed by atoms with Gasteiger partial charge in [-0.1, -0.05) is 5.10 Å². The fourth-order valence-electron chi connectivity index (χ4n) is 1.30. The second kappa shape index (κ2) is 5.53. The number of nitrogens with zero attached hydrogens (tertiary/aromatic N) is 5. The minimum atomic E-state index is -0.525. The standard InChI is InChI=1S/C9H9N7O3/c1-19-8-3-2-6(4-7(8)16(17)18)5-10-11-9-12-14-15-13-9/h2-5H,1H3,(H2,11,12,13,14,15). The van der Waals surface area contributed by atoms with Crippen LogP contribution < -0.4 is 10.2 Å². The summed E-state index contributed by atoms with van der Waals surface area (Å²) in [5.74, 6) is 0.382. The second-order valence-electron chi connectivity index (χ2n) is 3.29. The predicted octanol–water partition coefficient (Wildman–Crippen LogP) is 0.562. The van der Waals surface area contributed by atoms with Crippen LogP contribution >= 0.6 is 0 Å². The van der Waals surface area contributed by atoms with E-state index < -0.39 is 4.92 Å². The molecule has 0 saturated carbocycles. The summed E-state index contributed by atoms with van der Waals surface area (Å²) < 4.78 is 4.89. The Balaban J connectivity index is 2.14. The Kier molecular flexibility index (Phi) is 3.61. The number of nitrogens with one attached hydrogen (secondary N) is 2. The summed E-state index contributed by atoms with van der Waals surface area (Å²) >= 11 is 0. The van der Waals surface area contributed by atoms with E-state index in [0.717, 1.165) is 0 Å². The largest absolute Gasteiger partial charge is 0.490 e. The Morgan fingerprint density at radius 2 is 2.42 bits per heavy atom. The predicted molar refractivity (Wildman–Crippen MR) is 65.0 cm³/mol. The molecule has 0 atom stereocenters. The number of nitro groups is 1. The van der Waals surface area contributed by atoms with Crippen LogP contribution in [0.15, 0.2) is 23.3 Å². The van der Waals surface area contributed by atoms with Crippen LogP contribution in [0.1, 0.15) is 5.56 Å². The molecule has 1 aromatic carbocycles. The normalized spacial score (nSPS) is 10.6. The van der Waals surface area contributed by atoms with Crippen molar-refractivity contribution in [1.82, 2.24) is 20.6 Å². The third-order valence-electron chi connectivity index (χ3n) is 2.12. The summed E-state index contributed by atoms with van der Waals surface area (Å²) in [5, 5.41) is 27.5. The molecule has 0 saturated heterocycles. The summed E-state index contributed by atoms with van der Waals surface area (Å²) in [6.07, 6.45) is 1.39. The van der Waals surface area contributed by atoms with Crippen LogP contribution in [0.3, 0.4) is 0 Å². The van der Waals surface area contributed by atoms with Gasteiger partial charge in [0.2, 0.25) is 0 Å². The molecule has 0 bridgehead atoms. The number of aromatic amines is 1. The number of methoxy groups -OCH3 is 1. The lowest BCUT2D eigenvalue weighted by atomic mass is 10.2. The molecule has 0 aliphatic rings. The Bertz CT molecular complexity index is 596. The molecule has 98 valence electrons. The zero-order valence-electron chi connectivity index (χ0n) is 9.77. The van der Waals surface area contributed by atoms with Crippen molar-refractivity contribution >= 4 is 17.9 Å². The van der Waals surface area contributed by atoms with Crippen LogP contribution in [0.2, 0.25) is 0 Å². The fraction of sp³-hybridized carbons (Fsp3) is 0.111. The van der Waals surface area contributed by atoms with Crippen LogP contribution in [0.25, 0.3) is 0 Å². The van der Waals surface area contributed by atoms with Gasteiger partial charge in [0.05, 0.1) is 18.2 Å². The molecule has 0 amide bonds. The zero-order chi connectivity index (χ0) is 13.7. The van der Waals surface area contributed by atoms with Gasteiger partial charge in [-0.3, -0.25) is 10.1 Å². The average molecular weight is 263 g/mol. The molecule has 1 heterocycles. The molecule has 0 spiro atoms. The number of hydrogen-bond acceptors (Lipinski definition) is 8. The molecular weight excluding hydrogens is 254 g/mol. The lowest BCUT2D eigenvalue weighted by Gasteiger charge is -2.01. The maximum Gasteiger partial charge on any atom is 0.311 e. The summed E-state index contributed by atoms with van der Waals surface area (Å²) in [4.78, 5) is 10.3. The van der Waals surface area contributed by atoms with Gasteiger partial charge in [-0.2, -0.15) is 10.3 Å². The number of aromatic nitrogens is 4. The van der Waals surface area contributed by atoms with Crippen molar-refractivity contribution in [2.24, 2.45) is 5.10 Å². The Morgan fingerprint density at radius 3 is 3.05 bits per heavy atom. The smallest absolute Gasteiger partial charge is 0.311 e. The molecule has 10 heteroatoms. The molecule has 2 N–H and O–H groups in total. The Labute approximate surface area is 106 Å². The molecule has 2 aromatic rings. The van der Waals surface area contributed by atoms with Gasteiger partial charge in [0.25, 0.3) is 5.95 Å². The maximum atomic E-state index is 10.8. The Morgan fingerprint density at radius 1 is 1.58 bits per heavy atom. The van der Waals surface area contributed by atoms with Gasteiger partial charge >= 0.3 is 5.69 Å². The summed E-state index contributed by atoms with van der Waals surface area (Å²) in [6.45, 7) is 0. The van der Waals surface area contributed by atoms with E-state index in [1.54, 1.807) is 6.07 Å². The number of tetrazole rings is 1. The summed E-state index contributed by atoms with van der Waals surface area (Å²) in [6, 6.07) is 4.47. The topological polar surface area (TPSA) is 131 Å². The van der Waals surface area contributed by atoms with E-state index in [4.69, 9.17) is 4.74 Å². The van der Waals surface area contributed by atoms with Crippen LogP contribution in [0, 0.1) is 10.1 Å².